The molecule has 6 aromatic rings. The zero-order valence-corrected chi connectivity index (χ0v) is 19.9. The second-order valence-electron chi connectivity index (χ2n) is 8.08. The Bertz CT molecular complexity index is 1620. The van der Waals surface area contributed by atoms with Gasteiger partial charge in [0.15, 0.2) is 11.0 Å². The molecule has 0 radical (unpaired) electrons. The molecule has 0 saturated carbocycles. The van der Waals surface area contributed by atoms with E-state index in [0.29, 0.717) is 17.8 Å². The van der Waals surface area contributed by atoms with Crippen LogP contribution in [-0.4, -0.2) is 50.0 Å². The molecule has 1 N–H and O–H groups in total. The van der Waals surface area contributed by atoms with Crippen molar-refractivity contribution in [2.24, 2.45) is 0 Å². The maximum absolute atomic E-state index is 15.2. The van der Waals surface area contributed by atoms with Crippen molar-refractivity contribution in [1.82, 2.24) is 50.0 Å². The Hall–Kier alpha value is -4.84. The molecule has 11 nitrogen and oxygen atoms in total. The van der Waals surface area contributed by atoms with E-state index in [1.807, 2.05) is 40.0 Å². The van der Waals surface area contributed by atoms with E-state index in [1.54, 1.807) is 36.9 Å². The van der Waals surface area contributed by atoms with Gasteiger partial charge in [-0.1, -0.05) is 22.9 Å². The van der Waals surface area contributed by atoms with Crippen molar-refractivity contribution in [3.63, 3.8) is 0 Å². The maximum Gasteiger partial charge on any atom is 0.293 e. The Labute approximate surface area is 214 Å². The number of pyridine rings is 1. The number of halogens is 2. The van der Waals surface area contributed by atoms with Crippen molar-refractivity contribution in [2.75, 3.05) is 0 Å². The van der Waals surface area contributed by atoms with Crippen molar-refractivity contribution in [3.8, 4) is 28.1 Å². The van der Waals surface area contributed by atoms with Crippen LogP contribution in [0.5, 0.6) is 0 Å². The van der Waals surface area contributed by atoms with Gasteiger partial charge in [0, 0.05) is 42.1 Å². The summed E-state index contributed by atoms with van der Waals surface area (Å²) in [5.41, 5.74) is 3.64. The third kappa shape index (κ3) is 4.45. The molecule has 0 spiro atoms. The lowest BCUT2D eigenvalue weighted by atomic mass is 10.0. The lowest BCUT2D eigenvalue weighted by molar-refractivity contribution is -0.659. The van der Waals surface area contributed by atoms with E-state index in [4.69, 9.17) is 16.6 Å². The average molecular weight is 515 g/mol. The summed E-state index contributed by atoms with van der Waals surface area (Å²) in [5.74, 6) is -0.564. The fraction of sp³-hybridized carbons (Fsp3) is 0.0833. The van der Waals surface area contributed by atoms with E-state index in [0.717, 1.165) is 17.0 Å². The average Bonchev–Trinajstić information content (AvgIpc) is 3.73. The predicted molar refractivity (Wildman–Crippen MR) is 130 cm³/mol. The number of nitrogens with zero attached hydrogens (tertiary/aromatic N) is 10. The zero-order chi connectivity index (χ0) is 25.2. The number of aromatic nitrogens is 11. The van der Waals surface area contributed by atoms with Gasteiger partial charge in [-0.15, -0.1) is 4.68 Å². The minimum absolute atomic E-state index is 0.00116. The third-order valence-corrected chi connectivity index (χ3v) is 6.14. The first-order chi connectivity index (χ1) is 18.2. The second-order valence-corrected chi connectivity index (χ2v) is 8.48. The molecule has 0 aliphatic heterocycles. The number of tetrazole rings is 1. The largest absolute Gasteiger partial charge is 0.293 e. The molecule has 37 heavy (non-hydrogen) atoms. The lowest BCUT2D eigenvalue weighted by Gasteiger charge is -2.18. The molecule has 1 atom stereocenters. The van der Waals surface area contributed by atoms with Crippen LogP contribution in [0, 0.1) is 5.82 Å². The van der Waals surface area contributed by atoms with Gasteiger partial charge in [0.05, 0.1) is 34.7 Å². The number of hydrogen-bond acceptors (Lipinski definition) is 7. The topological polar surface area (TPSA) is 120 Å². The van der Waals surface area contributed by atoms with Gasteiger partial charge in [0.2, 0.25) is 0 Å². The highest BCUT2D eigenvalue weighted by Gasteiger charge is 2.22. The van der Waals surface area contributed by atoms with Gasteiger partial charge in [-0.2, -0.15) is 10.2 Å². The first-order valence-electron chi connectivity index (χ1n) is 11.2. The molecule has 1 unspecified atom stereocenters. The van der Waals surface area contributed by atoms with Crippen LogP contribution in [0.3, 0.4) is 0 Å². The van der Waals surface area contributed by atoms with Gasteiger partial charge in [-0.3, -0.25) is 14.3 Å². The molecule has 5 heterocycles. The molecule has 0 aliphatic carbocycles. The second kappa shape index (κ2) is 9.66. The van der Waals surface area contributed by atoms with Crippen molar-refractivity contribution >= 4 is 11.6 Å². The highest BCUT2D eigenvalue weighted by Crippen LogP contribution is 2.32. The van der Waals surface area contributed by atoms with Crippen molar-refractivity contribution in [2.45, 2.75) is 12.6 Å². The summed E-state index contributed by atoms with van der Waals surface area (Å²) in [6.45, 7) is 0.483. The van der Waals surface area contributed by atoms with Crippen molar-refractivity contribution < 1.29 is 9.07 Å². The number of benzene rings is 1. The quantitative estimate of drug-likeness (QED) is 0.325. The van der Waals surface area contributed by atoms with Gasteiger partial charge in [0.25, 0.3) is 6.33 Å². The smallest absolute Gasteiger partial charge is 0.270 e. The van der Waals surface area contributed by atoms with Gasteiger partial charge in [-0.05, 0) is 30.3 Å². The van der Waals surface area contributed by atoms with Crippen LogP contribution in [0.15, 0.2) is 86.2 Å². The summed E-state index contributed by atoms with van der Waals surface area (Å²) in [6.07, 6.45) is 13.5. The molecule has 182 valence electrons. The van der Waals surface area contributed by atoms with Gasteiger partial charge in [-0.25, -0.2) is 14.4 Å². The van der Waals surface area contributed by atoms with Gasteiger partial charge >= 0.3 is 0 Å². The van der Waals surface area contributed by atoms with E-state index < -0.39 is 5.82 Å². The zero-order valence-electron chi connectivity index (χ0n) is 19.1. The number of hydrogen-bond donors (Lipinski definition) is 1. The number of aromatic amines is 1. The van der Waals surface area contributed by atoms with Crippen molar-refractivity contribution in [3.05, 3.63) is 103 Å². The Balaban J connectivity index is 1.39. The Morgan fingerprint density at radius 1 is 1.03 bits per heavy atom. The fourth-order valence-electron chi connectivity index (χ4n) is 4.06. The van der Waals surface area contributed by atoms with Gasteiger partial charge < -0.3 is 0 Å². The molecular formula is C24H18ClFN11+. The first kappa shape index (κ1) is 22.6. The summed E-state index contributed by atoms with van der Waals surface area (Å²) in [5, 5.41) is 19.1. The molecule has 1 aromatic carbocycles. The summed E-state index contributed by atoms with van der Waals surface area (Å²) in [7, 11) is 0. The van der Waals surface area contributed by atoms with Crippen LogP contribution in [0.1, 0.15) is 11.7 Å². The van der Waals surface area contributed by atoms with E-state index in [9.17, 15) is 0 Å². The van der Waals surface area contributed by atoms with E-state index >= 15 is 4.39 Å². The Kier molecular flexibility index (Phi) is 5.91. The fourth-order valence-corrected chi connectivity index (χ4v) is 4.22. The van der Waals surface area contributed by atoms with E-state index in [-0.39, 0.29) is 16.6 Å². The number of nitrogens with one attached hydrogen (secondary N) is 1. The monoisotopic (exact) mass is 514 g/mol. The van der Waals surface area contributed by atoms with Crippen LogP contribution in [0.25, 0.3) is 28.1 Å². The number of H-pyrrole nitrogens is 1. The molecule has 13 heteroatoms. The third-order valence-electron chi connectivity index (χ3n) is 5.84. The molecular weight excluding hydrogens is 497 g/mol. The summed E-state index contributed by atoms with van der Waals surface area (Å²) in [4.78, 5) is 13.0. The summed E-state index contributed by atoms with van der Waals surface area (Å²) >= 11 is 6.11. The van der Waals surface area contributed by atoms with E-state index in [2.05, 4.69) is 35.7 Å². The van der Waals surface area contributed by atoms with Crippen LogP contribution in [0.2, 0.25) is 5.02 Å². The van der Waals surface area contributed by atoms with Crippen LogP contribution in [-0.2, 0) is 6.54 Å². The van der Waals surface area contributed by atoms with Crippen molar-refractivity contribution in [1.29, 1.82) is 0 Å². The number of rotatable bonds is 7. The SMILES string of the molecule is Fc1c(Cl)ccc(-[n+]2cnn[nH]2)c1-c1ccc(C(Cn2cccn2)n2cc(-c3ccncn3)cn2)nc1. The standard InChI is InChI=1S/C24H17ClFN11/c25-18-3-5-21(37-15-30-33-34-37)23(24(18)26)16-2-4-20(28-10-16)22(13-35-9-1-7-31-35)36-12-17(11-32-36)19-6-8-27-14-29-19/h1-12,14-15,22H,13H2/p+1. The Morgan fingerprint density at radius 3 is 2.70 bits per heavy atom. The molecule has 5 aromatic heterocycles. The molecule has 0 fully saturated rings. The molecule has 0 amide bonds. The van der Waals surface area contributed by atoms with E-state index in [1.165, 1.54) is 23.4 Å². The van der Waals surface area contributed by atoms with Crippen LogP contribution >= 0.6 is 11.6 Å². The predicted octanol–water partition coefficient (Wildman–Crippen LogP) is 3.08. The molecule has 0 aliphatic rings. The molecule has 0 saturated heterocycles. The lowest BCUT2D eigenvalue weighted by Crippen LogP contribution is -2.33. The van der Waals surface area contributed by atoms with Gasteiger partial charge in [0.1, 0.15) is 23.2 Å². The maximum atomic E-state index is 15.2. The molecule has 0 bridgehead atoms. The van der Waals surface area contributed by atoms with Crippen LogP contribution in [0.4, 0.5) is 4.39 Å². The minimum Gasteiger partial charge on any atom is -0.270 e. The van der Waals surface area contributed by atoms with Crippen LogP contribution < -0.4 is 4.68 Å². The first-order valence-corrected chi connectivity index (χ1v) is 11.6. The highest BCUT2D eigenvalue weighted by molar-refractivity contribution is 6.31. The highest BCUT2D eigenvalue weighted by atomic mass is 35.5. The summed E-state index contributed by atoms with van der Waals surface area (Å²) in [6, 6.07) is 10.2. The summed E-state index contributed by atoms with van der Waals surface area (Å²) < 4.78 is 20.3. The normalized spacial score (nSPS) is 12.1. The molecule has 6 rings (SSSR count). The minimum atomic E-state index is -0.564. The Morgan fingerprint density at radius 2 is 1.97 bits per heavy atom.